The number of aromatic nitrogens is 5. The second kappa shape index (κ2) is 6.08. The lowest BCUT2D eigenvalue weighted by Crippen LogP contribution is -2.39. The van der Waals surface area contributed by atoms with Gasteiger partial charge in [0, 0.05) is 31.2 Å². The number of imidazole rings is 2. The largest absolute Gasteiger partial charge is 0.332 e. The van der Waals surface area contributed by atoms with Crippen LogP contribution in [0, 0.1) is 12.7 Å². The molecule has 0 spiro atoms. The minimum absolute atomic E-state index is 0.197. The van der Waals surface area contributed by atoms with E-state index in [4.69, 9.17) is 0 Å². The van der Waals surface area contributed by atoms with E-state index in [0.717, 1.165) is 11.4 Å². The van der Waals surface area contributed by atoms with Crippen LogP contribution in [0.5, 0.6) is 0 Å². The molecule has 0 saturated carbocycles. The highest BCUT2D eigenvalue weighted by Crippen LogP contribution is 2.21. The fraction of sp³-hybridized carbons (Fsp3) is 0.211. The van der Waals surface area contributed by atoms with Crippen molar-refractivity contribution >= 4 is 16.9 Å². The summed E-state index contributed by atoms with van der Waals surface area (Å²) in [5.74, 6) is 0.160. The Balaban J connectivity index is 2.10. The molecule has 0 aliphatic heterocycles. The lowest BCUT2D eigenvalue weighted by molar-refractivity contribution is 0.627. The van der Waals surface area contributed by atoms with Gasteiger partial charge in [-0.3, -0.25) is 22.9 Å². The van der Waals surface area contributed by atoms with Gasteiger partial charge in [0.05, 0.1) is 0 Å². The standard InChI is InChI=1S/C19H18FN5O2/c1-4-5-10-23-17(26)15-16(22(3)19(23)27)21-18-24(15)11-12(2)25(18)14-8-6-13(20)7-9-14/h4-9,11H,10H2,1-3H3/b5-4+. The first-order valence-electron chi connectivity index (χ1n) is 8.51. The molecule has 3 aromatic heterocycles. The molecule has 138 valence electrons. The van der Waals surface area contributed by atoms with Crippen LogP contribution in [0.25, 0.3) is 22.6 Å². The monoisotopic (exact) mass is 367 g/mol. The van der Waals surface area contributed by atoms with Gasteiger partial charge < -0.3 is 0 Å². The maximum Gasteiger partial charge on any atom is 0.332 e. The summed E-state index contributed by atoms with van der Waals surface area (Å²) in [6.07, 6.45) is 5.33. The highest BCUT2D eigenvalue weighted by atomic mass is 19.1. The first kappa shape index (κ1) is 17.0. The van der Waals surface area contributed by atoms with Crippen LogP contribution in [-0.2, 0) is 13.6 Å². The van der Waals surface area contributed by atoms with Gasteiger partial charge in [-0.1, -0.05) is 12.2 Å². The van der Waals surface area contributed by atoms with Crippen molar-refractivity contribution in [2.24, 2.45) is 7.05 Å². The molecular weight excluding hydrogens is 349 g/mol. The summed E-state index contributed by atoms with van der Waals surface area (Å²) in [5, 5.41) is 0. The number of allylic oxidation sites excluding steroid dienone is 2. The molecule has 0 atom stereocenters. The first-order valence-corrected chi connectivity index (χ1v) is 8.51. The normalized spacial score (nSPS) is 12.0. The highest BCUT2D eigenvalue weighted by Gasteiger charge is 2.20. The Morgan fingerprint density at radius 2 is 1.89 bits per heavy atom. The SMILES string of the molecule is C/C=C/Cn1c(=O)c2c(nc3n(-c4ccc(F)cc4)c(C)cn23)n(C)c1=O. The number of halogens is 1. The minimum atomic E-state index is -0.420. The molecule has 0 saturated heterocycles. The second-order valence-corrected chi connectivity index (χ2v) is 6.36. The number of hydrogen-bond donors (Lipinski definition) is 0. The average molecular weight is 367 g/mol. The van der Waals surface area contributed by atoms with E-state index in [9.17, 15) is 14.0 Å². The van der Waals surface area contributed by atoms with Crippen molar-refractivity contribution in [3.8, 4) is 5.69 Å². The molecule has 0 unspecified atom stereocenters. The van der Waals surface area contributed by atoms with Crippen molar-refractivity contribution < 1.29 is 4.39 Å². The molecule has 0 aliphatic carbocycles. The van der Waals surface area contributed by atoms with Gasteiger partial charge in [-0.25, -0.2) is 9.18 Å². The van der Waals surface area contributed by atoms with Gasteiger partial charge in [0.15, 0.2) is 11.2 Å². The molecule has 4 aromatic rings. The van der Waals surface area contributed by atoms with Crippen molar-refractivity contribution in [1.82, 2.24) is 23.1 Å². The summed E-state index contributed by atoms with van der Waals surface area (Å²) in [6.45, 7) is 3.91. The fourth-order valence-electron chi connectivity index (χ4n) is 3.29. The van der Waals surface area contributed by atoms with Crippen LogP contribution in [0.1, 0.15) is 12.6 Å². The van der Waals surface area contributed by atoms with Crippen LogP contribution in [0.15, 0.2) is 52.2 Å². The molecule has 0 radical (unpaired) electrons. The van der Waals surface area contributed by atoms with E-state index in [-0.39, 0.29) is 12.4 Å². The Morgan fingerprint density at radius 3 is 2.56 bits per heavy atom. The molecular formula is C19H18FN5O2. The van der Waals surface area contributed by atoms with Crippen molar-refractivity contribution in [3.05, 3.63) is 75.0 Å². The van der Waals surface area contributed by atoms with Crippen molar-refractivity contribution in [2.75, 3.05) is 0 Å². The Kier molecular flexibility index (Phi) is 3.83. The van der Waals surface area contributed by atoms with Crippen molar-refractivity contribution in [2.45, 2.75) is 20.4 Å². The van der Waals surface area contributed by atoms with Crippen LogP contribution in [0.2, 0.25) is 0 Å². The van der Waals surface area contributed by atoms with E-state index in [2.05, 4.69) is 4.98 Å². The van der Waals surface area contributed by atoms with E-state index in [0.29, 0.717) is 16.9 Å². The summed E-state index contributed by atoms with van der Waals surface area (Å²) in [5.41, 5.74) is 1.39. The number of nitrogens with zero attached hydrogens (tertiary/aromatic N) is 5. The van der Waals surface area contributed by atoms with Gasteiger partial charge in [0.2, 0.25) is 5.78 Å². The molecule has 0 N–H and O–H groups in total. The van der Waals surface area contributed by atoms with Crippen LogP contribution in [0.4, 0.5) is 4.39 Å². The third-order valence-corrected chi connectivity index (χ3v) is 4.63. The number of hydrogen-bond acceptors (Lipinski definition) is 3. The van der Waals surface area contributed by atoms with Gasteiger partial charge in [0.1, 0.15) is 5.82 Å². The predicted octanol–water partition coefficient (Wildman–Crippen LogP) is 2.16. The zero-order valence-electron chi connectivity index (χ0n) is 15.2. The van der Waals surface area contributed by atoms with Gasteiger partial charge >= 0.3 is 5.69 Å². The van der Waals surface area contributed by atoms with Crippen molar-refractivity contribution in [3.63, 3.8) is 0 Å². The predicted molar refractivity (Wildman–Crippen MR) is 101 cm³/mol. The summed E-state index contributed by atoms with van der Waals surface area (Å²) in [4.78, 5) is 30.1. The third-order valence-electron chi connectivity index (χ3n) is 4.63. The summed E-state index contributed by atoms with van der Waals surface area (Å²) in [6, 6.07) is 6.03. The van der Waals surface area contributed by atoms with E-state index in [1.807, 2.05) is 18.4 Å². The Labute approximate surface area is 153 Å². The van der Waals surface area contributed by atoms with Crippen LogP contribution >= 0.6 is 0 Å². The minimum Gasteiger partial charge on any atom is -0.283 e. The van der Waals surface area contributed by atoms with Gasteiger partial charge in [-0.2, -0.15) is 4.98 Å². The van der Waals surface area contributed by atoms with Crippen LogP contribution in [0.3, 0.4) is 0 Å². The summed E-state index contributed by atoms with van der Waals surface area (Å²) in [7, 11) is 1.60. The number of benzene rings is 1. The van der Waals surface area contributed by atoms with Gasteiger partial charge in [0.25, 0.3) is 5.56 Å². The molecule has 1 aromatic carbocycles. The Hall–Kier alpha value is -3.42. The molecule has 0 bridgehead atoms. The van der Waals surface area contributed by atoms with Gasteiger partial charge in [-0.05, 0) is 38.1 Å². The van der Waals surface area contributed by atoms with E-state index in [1.165, 1.54) is 21.3 Å². The molecule has 0 amide bonds. The molecule has 8 heteroatoms. The molecule has 0 fully saturated rings. The van der Waals surface area contributed by atoms with E-state index >= 15 is 0 Å². The highest BCUT2D eigenvalue weighted by molar-refractivity contribution is 5.76. The third kappa shape index (κ3) is 2.44. The topological polar surface area (TPSA) is 66.2 Å². The van der Waals surface area contributed by atoms with Crippen LogP contribution in [-0.4, -0.2) is 23.1 Å². The number of aryl methyl sites for hydroxylation is 2. The maximum absolute atomic E-state index is 13.3. The Morgan fingerprint density at radius 1 is 1.19 bits per heavy atom. The molecule has 3 heterocycles. The number of fused-ring (bicyclic) bond motifs is 3. The molecule has 7 nitrogen and oxygen atoms in total. The lowest BCUT2D eigenvalue weighted by Gasteiger charge is -2.06. The Bertz CT molecular complexity index is 1320. The number of rotatable bonds is 3. The molecule has 4 rings (SSSR count). The second-order valence-electron chi connectivity index (χ2n) is 6.36. The first-order chi connectivity index (χ1) is 12.9. The van der Waals surface area contributed by atoms with Gasteiger partial charge in [-0.15, -0.1) is 0 Å². The maximum atomic E-state index is 13.3. The summed E-state index contributed by atoms with van der Waals surface area (Å²) < 4.78 is 19.3. The zero-order chi connectivity index (χ0) is 19.3. The smallest absolute Gasteiger partial charge is 0.283 e. The zero-order valence-corrected chi connectivity index (χ0v) is 15.2. The van der Waals surface area contributed by atoms with E-state index < -0.39 is 11.2 Å². The fourth-order valence-corrected chi connectivity index (χ4v) is 3.29. The molecule has 27 heavy (non-hydrogen) atoms. The van der Waals surface area contributed by atoms with Crippen molar-refractivity contribution in [1.29, 1.82) is 0 Å². The van der Waals surface area contributed by atoms with E-state index in [1.54, 1.807) is 41.9 Å². The lowest BCUT2D eigenvalue weighted by atomic mass is 10.3. The molecule has 0 aliphatic rings. The average Bonchev–Trinajstić information content (AvgIpc) is 3.15. The van der Waals surface area contributed by atoms with Crippen LogP contribution < -0.4 is 11.2 Å². The summed E-state index contributed by atoms with van der Waals surface area (Å²) >= 11 is 0. The quantitative estimate of drug-likeness (QED) is 0.521.